The van der Waals surface area contributed by atoms with Gasteiger partial charge < -0.3 is 19.3 Å². The molecular formula is C43H34O6. The van der Waals surface area contributed by atoms with Gasteiger partial charge in [-0.25, -0.2) is 9.59 Å². The molecule has 49 heavy (non-hydrogen) atoms. The number of aromatic hydroxyl groups is 1. The van der Waals surface area contributed by atoms with Gasteiger partial charge in [0.25, 0.3) is 0 Å². The SMILES string of the molecule is COc1c2cccc1Cc1cccc(c1OC(=O)c1ccccc1)Cc1cccc(c1OC(=O)c1ccccc1)Cc1cccc(c1O)C2. The molecule has 0 aliphatic heterocycles. The summed E-state index contributed by atoms with van der Waals surface area (Å²) in [4.78, 5) is 27.1. The maximum Gasteiger partial charge on any atom is 0.343 e. The lowest BCUT2D eigenvalue weighted by Gasteiger charge is -2.20. The zero-order valence-corrected chi connectivity index (χ0v) is 27.0. The van der Waals surface area contributed by atoms with Crippen LogP contribution in [0.1, 0.15) is 65.2 Å². The van der Waals surface area contributed by atoms with Crippen LogP contribution in [0.2, 0.25) is 0 Å². The Kier molecular flexibility index (Phi) is 8.94. The summed E-state index contributed by atoms with van der Waals surface area (Å²) in [5.41, 5.74) is 7.16. The fourth-order valence-electron chi connectivity index (χ4n) is 6.48. The number of phenolic OH excluding ortho intramolecular Hbond substituents is 1. The number of hydrogen-bond acceptors (Lipinski definition) is 6. The highest BCUT2D eigenvalue weighted by molar-refractivity contribution is 5.92. The first kappa shape index (κ1) is 31.5. The molecule has 0 unspecified atom stereocenters. The van der Waals surface area contributed by atoms with Crippen LogP contribution in [0.4, 0.5) is 0 Å². The number of rotatable bonds is 5. The van der Waals surface area contributed by atoms with Crippen molar-refractivity contribution in [3.8, 4) is 23.0 Å². The van der Waals surface area contributed by atoms with E-state index in [0.29, 0.717) is 59.6 Å². The Morgan fingerprint density at radius 2 is 0.735 bits per heavy atom. The monoisotopic (exact) mass is 646 g/mol. The maximum atomic E-state index is 13.5. The number of ether oxygens (including phenoxy) is 3. The Labute approximate surface area is 285 Å². The molecule has 0 saturated carbocycles. The van der Waals surface area contributed by atoms with E-state index in [1.54, 1.807) is 55.6 Å². The molecule has 6 heteroatoms. The Balaban J connectivity index is 1.42. The Morgan fingerprint density at radius 3 is 1.08 bits per heavy atom. The molecule has 0 heterocycles. The van der Waals surface area contributed by atoms with Crippen LogP contribution in [0.3, 0.4) is 0 Å². The number of carbonyl (C=O) groups excluding carboxylic acids is 2. The van der Waals surface area contributed by atoms with Crippen LogP contribution in [-0.2, 0) is 25.7 Å². The molecule has 1 aliphatic carbocycles. The van der Waals surface area contributed by atoms with E-state index < -0.39 is 11.9 Å². The number of methoxy groups -OCH3 is 1. The van der Waals surface area contributed by atoms with Gasteiger partial charge >= 0.3 is 11.9 Å². The zero-order chi connectivity index (χ0) is 33.7. The Hall–Kier alpha value is -6.14. The van der Waals surface area contributed by atoms with E-state index in [2.05, 4.69) is 0 Å². The van der Waals surface area contributed by atoms with Gasteiger partial charge in [-0.05, 0) is 68.8 Å². The van der Waals surface area contributed by atoms with Crippen LogP contribution in [0.25, 0.3) is 0 Å². The molecule has 0 radical (unpaired) electrons. The molecule has 1 aliphatic rings. The van der Waals surface area contributed by atoms with E-state index in [1.807, 2.05) is 84.9 Å². The van der Waals surface area contributed by atoms with Gasteiger partial charge in [-0.2, -0.15) is 0 Å². The molecule has 6 aromatic rings. The summed E-state index contributed by atoms with van der Waals surface area (Å²) in [7, 11) is 1.65. The predicted molar refractivity (Wildman–Crippen MR) is 188 cm³/mol. The van der Waals surface area contributed by atoms with Crippen LogP contribution in [-0.4, -0.2) is 24.2 Å². The van der Waals surface area contributed by atoms with E-state index in [0.717, 1.165) is 38.9 Å². The molecule has 0 atom stereocenters. The first-order chi connectivity index (χ1) is 24.0. The number of benzene rings is 6. The minimum atomic E-state index is -0.489. The summed E-state index contributed by atoms with van der Waals surface area (Å²) in [6, 6.07) is 41.0. The number of carbonyl (C=O) groups is 2. The fraction of sp³-hybridized carbons (Fsp3) is 0.116. The van der Waals surface area contributed by atoms with Crippen molar-refractivity contribution in [2.75, 3.05) is 7.11 Å². The minimum Gasteiger partial charge on any atom is -0.507 e. The van der Waals surface area contributed by atoms with Gasteiger partial charge in [-0.3, -0.25) is 0 Å². The summed E-state index contributed by atoms with van der Waals surface area (Å²) >= 11 is 0. The normalized spacial score (nSPS) is 12.1. The summed E-state index contributed by atoms with van der Waals surface area (Å²) < 4.78 is 18.4. The first-order valence-corrected chi connectivity index (χ1v) is 16.2. The number of para-hydroxylation sites is 4. The quantitative estimate of drug-likeness (QED) is 0.149. The van der Waals surface area contributed by atoms with Crippen molar-refractivity contribution < 1.29 is 28.9 Å². The number of phenols is 1. The van der Waals surface area contributed by atoms with Gasteiger partial charge in [0.2, 0.25) is 0 Å². The van der Waals surface area contributed by atoms with Crippen molar-refractivity contribution in [1.29, 1.82) is 0 Å². The van der Waals surface area contributed by atoms with Gasteiger partial charge in [0.1, 0.15) is 23.0 Å². The number of fused-ring (bicyclic) bond motifs is 8. The second kappa shape index (κ2) is 13.9. The third-order valence-electron chi connectivity index (χ3n) is 8.87. The van der Waals surface area contributed by atoms with Crippen molar-refractivity contribution in [3.05, 3.63) is 189 Å². The summed E-state index contributed by atoms with van der Waals surface area (Å²) in [5, 5.41) is 11.6. The molecule has 0 spiro atoms. The third kappa shape index (κ3) is 6.67. The Bertz CT molecular complexity index is 2150. The molecule has 0 aromatic heterocycles. The molecule has 6 aromatic carbocycles. The smallest absolute Gasteiger partial charge is 0.343 e. The topological polar surface area (TPSA) is 82.1 Å². The summed E-state index contributed by atoms with van der Waals surface area (Å²) in [6.07, 6.45) is 1.48. The molecule has 1 N–H and O–H groups in total. The van der Waals surface area contributed by atoms with Gasteiger partial charge in [-0.1, -0.05) is 109 Å². The minimum absolute atomic E-state index is 0.188. The van der Waals surface area contributed by atoms with E-state index in [9.17, 15) is 14.7 Å². The first-order valence-electron chi connectivity index (χ1n) is 16.2. The molecule has 0 amide bonds. The molecular weight excluding hydrogens is 612 g/mol. The highest BCUT2D eigenvalue weighted by Crippen LogP contribution is 2.38. The van der Waals surface area contributed by atoms with Crippen molar-refractivity contribution in [2.24, 2.45) is 0 Å². The van der Waals surface area contributed by atoms with E-state index in [4.69, 9.17) is 14.2 Å². The molecule has 8 bridgehead atoms. The van der Waals surface area contributed by atoms with Crippen molar-refractivity contribution >= 4 is 11.9 Å². The number of hydrogen-bond donors (Lipinski definition) is 1. The zero-order valence-electron chi connectivity index (χ0n) is 27.0. The highest BCUT2D eigenvalue weighted by atomic mass is 16.5. The Morgan fingerprint density at radius 1 is 0.429 bits per heavy atom. The van der Waals surface area contributed by atoms with E-state index in [1.165, 1.54) is 0 Å². The van der Waals surface area contributed by atoms with Crippen molar-refractivity contribution in [1.82, 2.24) is 0 Å². The van der Waals surface area contributed by atoms with Crippen LogP contribution in [0.15, 0.2) is 133 Å². The van der Waals surface area contributed by atoms with Gasteiger partial charge in [-0.15, -0.1) is 0 Å². The maximum absolute atomic E-state index is 13.5. The highest BCUT2D eigenvalue weighted by Gasteiger charge is 2.23. The van der Waals surface area contributed by atoms with E-state index >= 15 is 0 Å². The lowest BCUT2D eigenvalue weighted by molar-refractivity contribution is 0.0724. The average Bonchev–Trinajstić information content (AvgIpc) is 3.13. The molecule has 0 saturated heterocycles. The summed E-state index contributed by atoms with van der Waals surface area (Å²) in [6.45, 7) is 0. The van der Waals surface area contributed by atoms with E-state index in [-0.39, 0.29) is 5.75 Å². The van der Waals surface area contributed by atoms with Gasteiger partial charge in [0.05, 0.1) is 18.2 Å². The second-order valence-electron chi connectivity index (χ2n) is 12.1. The number of esters is 2. The fourth-order valence-corrected chi connectivity index (χ4v) is 6.48. The lowest BCUT2D eigenvalue weighted by Crippen LogP contribution is -2.14. The van der Waals surface area contributed by atoms with Gasteiger partial charge in [0.15, 0.2) is 0 Å². The van der Waals surface area contributed by atoms with Crippen LogP contribution in [0, 0.1) is 0 Å². The van der Waals surface area contributed by atoms with Crippen molar-refractivity contribution in [3.63, 3.8) is 0 Å². The molecule has 6 nitrogen and oxygen atoms in total. The summed E-state index contributed by atoms with van der Waals surface area (Å²) in [5.74, 6) is 0.800. The van der Waals surface area contributed by atoms with Crippen LogP contribution >= 0.6 is 0 Å². The van der Waals surface area contributed by atoms with Crippen LogP contribution < -0.4 is 14.2 Å². The lowest BCUT2D eigenvalue weighted by atomic mass is 9.91. The van der Waals surface area contributed by atoms with Crippen molar-refractivity contribution in [2.45, 2.75) is 25.7 Å². The molecule has 7 rings (SSSR count). The average molecular weight is 647 g/mol. The molecule has 0 fully saturated rings. The van der Waals surface area contributed by atoms with Crippen LogP contribution in [0.5, 0.6) is 23.0 Å². The van der Waals surface area contributed by atoms with Gasteiger partial charge in [0, 0.05) is 25.7 Å². The molecule has 242 valence electrons. The predicted octanol–water partition coefficient (Wildman–Crippen LogP) is 8.52. The second-order valence-corrected chi connectivity index (χ2v) is 12.1. The standard InChI is InChI=1S/C43H34O6/c1-47-39-32-18-9-19-33(39)26-35-21-11-23-37(41(35)49-43(46)29-14-6-3-7-15-29)27-36-22-10-20-34(25-31-17-8-16-30(24-32)38(31)44)40(36)48-42(45)28-12-4-2-5-13-28/h2-23,44H,24-27H2,1H3. The third-order valence-corrected chi connectivity index (χ3v) is 8.87. The largest absolute Gasteiger partial charge is 0.507 e.